The Bertz CT molecular complexity index is 714. The summed E-state index contributed by atoms with van der Waals surface area (Å²) in [5.41, 5.74) is 3.05. The Labute approximate surface area is 142 Å². The molecule has 24 heavy (non-hydrogen) atoms. The first-order valence-electron chi connectivity index (χ1n) is 7.84. The fraction of sp³-hybridized carbons (Fsp3) is 0.263. The Morgan fingerprint density at radius 1 is 1.08 bits per heavy atom. The number of anilines is 2. The van der Waals surface area contributed by atoms with Crippen molar-refractivity contribution in [2.45, 2.75) is 26.4 Å². The lowest BCUT2D eigenvalue weighted by molar-refractivity contribution is -0.126. The molecule has 0 aromatic heterocycles. The van der Waals surface area contributed by atoms with E-state index in [2.05, 4.69) is 10.6 Å². The molecule has 0 aliphatic heterocycles. The Kier molecular flexibility index (Phi) is 6.09. The first kappa shape index (κ1) is 17.7. The lowest BCUT2D eigenvalue weighted by atomic mass is 10.1. The van der Waals surface area contributed by atoms with Crippen molar-refractivity contribution < 1.29 is 14.3 Å². The molecule has 0 spiro atoms. The molecule has 0 bridgehead atoms. The molecular weight excluding hydrogens is 304 g/mol. The summed E-state index contributed by atoms with van der Waals surface area (Å²) in [6.45, 7) is 3.67. The molecule has 0 saturated carbocycles. The Morgan fingerprint density at radius 2 is 1.79 bits per heavy atom. The molecule has 1 unspecified atom stereocenters. The molecule has 2 aromatic carbocycles. The highest BCUT2D eigenvalue weighted by molar-refractivity contribution is 5.96. The maximum absolute atomic E-state index is 12.5. The minimum atomic E-state index is -0.676. The van der Waals surface area contributed by atoms with Crippen LogP contribution >= 0.6 is 0 Å². The van der Waals surface area contributed by atoms with Crippen molar-refractivity contribution in [2.24, 2.45) is 0 Å². The molecule has 2 N–H and O–H groups in total. The zero-order chi connectivity index (χ0) is 17.5. The van der Waals surface area contributed by atoms with Crippen LogP contribution in [0.5, 0.6) is 0 Å². The highest BCUT2D eigenvalue weighted by Crippen LogP contribution is 2.23. The lowest BCUT2D eigenvalue weighted by Gasteiger charge is -2.17. The van der Waals surface area contributed by atoms with Crippen molar-refractivity contribution in [1.29, 1.82) is 0 Å². The Balaban J connectivity index is 2.12. The summed E-state index contributed by atoms with van der Waals surface area (Å²) in [6.07, 6.45) is -0.255. The fourth-order valence-electron chi connectivity index (χ4n) is 2.35. The summed E-state index contributed by atoms with van der Waals surface area (Å²) < 4.78 is 5.33. The second kappa shape index (κ2) is 8.26. The first-order valence-corrected chi connectivity index (χ1v) is 7.84. The number of carbonyl (C=O) groups excluding carboxylic acids is 2. The van der Waals surface area contributed by atoms with Crippen LogP contribution in [0.15, 0.2) is 48.5 Å². The molecule has 2 amide bonds. The summed E-state index contributed by atoms with van der Waals surface area (Å²) >= 11 is 0. The predicted octanol–water partition coefficient (Wildman–Crippen LogP) is 3.67. The number of nitrogens with one attached hydrogen (secondary N) is 2. The van der Waals surface area contributed by atoms with Crippen molar-refractivity contribution in [3.8, 4) is 0 Å². The van der Waals surface area contributed by atoms with Crippen molar-refractivity contribution in [1.82, 2.24) is 0 Å². The number of rotatable bonds is 6. The SMILES string of the molecule is CCC(=O)Nc1ccc(NC(=O)C(OC)c2ccccc2)c(C)c1. The largest absolute Gasteiger partial charge is 0.367 e. The van der Waals surface area contributed by atoms with Gasteiger partial charge in [0.05, 0.1) is 0 Å². The number of ether oxygens (including phenoxy) is 1. The topological polar surface area (TPSA) is 67.4 Å². The van der Waals surface area contributed by atoms with Gasteiger partial charge in [-0.05, 0) is 36.2 Å². The molecule has 0 aliphatic rings. The smallest absolute Gasteiger partial charge is 0.258 e. The summed E-state index contributed by atoms with van der Waals surface area (Å²) in [6, 6.07) is 14.7. The number of methoxy groups -OCH3 is 1. The van der Waals surface area contributed by atoms with E-state index < -0.39 is 6.10 Å². The van der Waals surface area contributed by atoms with Crippen LogP contribution < -0.4 is 10.6 Å². The molecule has 0 radical (unpaired) electrons. The second-order valence-corrected chi connectivity index (χ2v) is 5.45. The summed E-state index contributed by atoms with van der Waals surface area (Å²) in [5, 5.41) is 5.67. The highest BCUT2D eigenvalue weighted by Gasteiger charge is 2.20. The third-order valence-corrected chi connectivity index (χ3v) is 3.67. The van der Waals surface area contributed by atoms with Gasteiger partial charge in [-0.15, -0.1) is 0 Å². The quantitative estimate of drug-likeness (QED) is 0.851. The third-order valence-electron chi connectivity index (χ3n) is 3.67. The van der Waals surface area contributed by atoms with Crippen LogP contribution in [-0.4, -0.2) is 18.9 Å². The van der Waals surface area contributed by atoms with Crippen LogP contribution in [0.2, 0.25) is 0 Å². The standard InChI is InChI=1S/C19H22N2O3/c1-4-17(22)20-15-10-11-16(13(2)12-15)21-19(23)18(24-3)14-8-6-5-7-9-14/h5-12,18H,4H2,1-3H3,(H,20,22)(H,21,23). The van der Waals surface area contributed by atoms with E-state index in [-0.39, 0.29) is 11.8 Å². The minimum Gasteiger partial charge on any atom is -0.367 e. The van der Waals surface area contributed by atoms with Crippen LogP contribution in [0.25, 0.3) is 0 Å². The zero-order valence-electron chi connectivity index (χ0n) is 14.1. The summed E-state index contributed by atoms with van der Waals surface area (Å²) in [5.74, 6) is -0.285. The van der Waals surface area contributed by atoms with Gasteiger partial charge in [-0.2, -0.15) is 0 Å². The van der Waals surface area contributed by atoms with Crippen LogP contribution in [0, 0.1) is 6.92 Å². The average molecular weight is 326 g/mol. The number of hydrogen-bond donors (Lipinski definition) is 2. The molecule has 0 saturated heterocycles. The van der Waals surface area contributed by atoms with Gasteiger partial charge in [0.2, 0.25) is 5.91 Å². The van der Waals surface area contributed by atoms with Gasteiger partial charge in [-0.25, -0.2) is 0 Å². The van der Waals surface area contributed by atoms with Gasteiger partial charge in [0.25, 0.3) is 5.91 Å². The minimum absolute atomic E-state index is 0.0466. The third kappa shape index (κ3) is 4.43. The predicted molar refractivity (Wildman–Crippen MR) is 94.9 cm³/mol. The van der Waals surface area contributed by atoms with Gasteiger partial charge >= 0.3 is 0 Å². The molecule has 0 heterocycles. The molecule has 0 aliphatic carbocycles. The molecule has 126 valence electrons. The van der Waals surface area contributed by atoms with E-state index in [4.69, 9.17) is 4.74 Å². The van der Waals surface area contributed by atoms with Gasteiger partial charge in [-0.1, -0.05) is 37.3 Å². The van der Waals surface area contributed by atoms with Crippen LogP contribution in [0.3, 0.4) is 0 Å². The van der Waals surface area contributed by atoms with Crippen LogP contribution in [0.4, 0.5) is 11.4 Å². The van der Waals surface area contributed by atoms with Crippen molar-refractivity contribution >= 4 is 23.2 Å². The van der Waals surface area contributed by atoms with E-state index in [1.165, 1.54) is 7.11 Å². The monoisotopic (exact) mass is 326 g/mol. The maximum Gasteiger partial charge on any atom is 0.258 e. The van der Waals surface area contributed by atoms with E-state index in [0.717, 1.165) is 11.1 Å². The zero-order valence-corrected chi connectivity index (χ0v) is 14.1. The van der Waals surface area contributed by atoms with Gasteiger partial charge in [-0.3, -0.25) is 9.59 Å². The number of benzene rings is 2. The van der Waals surface area contributed by atoms with Gasteiger partial charge in [0, 0.05) is 24.9 Å². The average Bonchev–Trinajstić information content (AvgIpc) is 2.59. The molecule has 0 fully saturated rings. The fourth-order valence-corrected chi connectivity index (χ4v) is 2.35. The molecular formula is C19H22N2O3. The summed E-state index contributed by atoms with van der Waals surface area (Å²) in [7, 11) is 1.51. The van der Waals surface area contributed by atoms with E-state index in [1.807, 2.05) is 43.3 Å². The van der Waals surface area contributed by atoms with E-state index >= 15 is 0 Å². The van der Waals surface area contributed by atoms with Gasteiger partial charge in [0.15, 0.2) is 6.10 Å². The van der Waals surface area contributed by atoms with Crippen LogP contribution in [0.1, 0.15) is 30.6 Å². The van der Waals surface area contributed by atoms with Gasteiger partial charge < -0.3 is 15.4 Å². The molecule has 1 atom stereocenters. The lowest BCUT2D eigenvalue weighted by Crippen LogP contribution is -2.23. The van der Waals surface area contributed by atoms with E-state index in [9.17, 15) is 9.59 Å². The molecule has 2 rings (SSSR count). The first-order chi connectivity index (χ1) is 11.5. The highest BCUT2D eigenvalue weighted by atomic mass is 16.5. The number of carbonyl (C=O) groups is 2. The molecule has 5 heteroatoms. The Morgan fingerprint density at radius 3 is 2.38 bits per heavy atom. The second-order valence-electron chi connectivity index (χ2n) is 5.45. The number of amides is 2. The van der Waals surface area contributed by atoms with Crippen LogP contribution in [-0.2, 0) is 14.3 Å². The number of aryl methyl sites for hydroxylation is 1. The van der Waals surface area contributed by atoms with Gasteiger partial charge in [0.1, 0.15) is 0 Å². The van der Waals surface area contributed by atoms with Crippen molar-refractivity contribution in [3.05, 3.63) is 59.7 Å². The molecule has 2 aromatic rings. The van der Waals surface area contributed by atoms with E-state index in [1.54, 1.807) is 19.1 Å². The summed E-state index contributed by atoms with van der Waals surface area (Å²) in [4.78, 5) is 23.9. The maximum atomic E-state index is 12.5. The van der Waals surface area contributed by atoms with Crippen molar-refractivity contribution in [2.75, 3.05) is 17.7 Å². The normalized spacial score (nSPS) is 11.6. The number of hydrogen-bond acceptors (Lipinski definition) is 3. The van der Waals surface area contributed by atoms with Crippen molar-refractivity contribution in [3.63, 3.8) is 0 Å². The van der Waals surface area contributed by atoms with E-state index in [0.29, 0.717) is 17.8 Å². The Hall–Kier alpha value is -2.66. The molecule has 5 nitrogen and oxygen atoms in total.